The summed E-state index contributed by atoms with van der Waals surface area (Å²) >= 11 is 1.16. The highest BCUT2D eigenvalue weighted by molar-refractivity contribution is 7.91. The van der Waals surface area contributed by atoms with Gasteiger partial charge in [0.15, 0.2) is 5.78 Å². The van der Waals surface area contributed by atoms with Crippen molar-refractivity contribution < 1.29 is 32.9 Å². The van der Waals surface area contributed by atoms with Gasteiger partial charge in [0.05, 0.1) is 25.9 Å². The fourth-order valence-electron chi connectivity index (χ4n) is 11.6. The molecule has 52 heavy (non-hydrogen) atoms. The van der Waals surface area contributed by atoms with E-state index in [0.717, 1.165) is 36.2 Å². The average Bonchev–Trinajstić information content (AvgIpc) is 3.79. The van der Waals surface area contributed by atoms with Crippen LogP contribution < -0.4 is 9.47 Å². The fourth-order valence-corrected chi connectivity index (χ4v) is 14.2. The number of aliphatic hydroxyl groups excluding tert-OH is 1. The van der Waals surface area contributed by atoms with E-state index in [4.69, 9.17) is 9.47 Å². The molecule has 3 aromatic rings. The van der Waals surface area contributed by atoms with Crippen LogP contribution in [0.15, 0.2) is 94.1 Å². The zero-order chi connectivity index (χ0) is 36.7. The fraction of sp³-hybridized carbons (Fsp3) is 0.500. The lowest BCUT2D eigenvalue weighted by atomic mass is 9.32. The first-order chi connectivity index (χ1) is 24.8. The number of sulfonamides is 1. The molecule has 1 heterocycles. The number of ketones is 1. The second-order valence-electron chi connectivity index (χ2n) is 16.4. The van der Waals surface area contributed by atoms with Gasteiger partial charge in [-0.3, -0.25) is 4.79 Å². The van der Waals surface area contributed by atoms with E-state index in [0.29, 0.717) is 48.3 Å². The first kappa shape index (κ1) is 35.7. The Morgan fingerprint density at radius 1 is 0.923 bits per heavy atom. The van der Waals surface area contributed by atoms with Gasteiger partial charge in [0.1, 0.15) is 15.7 Å². The topological polar surface area (TPSA) is 113 Å². The molecule has 3 fully saturated rings. The molecule has 8 unspecified atom stereocenters. The summed E-state index contributed by atoms with van der Waals surface area (Å²) in [6.07, 6.45) is 11.1. The summed E-state index contributed by atoms with van der Waals surface area (Å²) in [5.41, 5.74) is -1.24. The maximum atomic E-state index is 14.8. The Balaban J connectivity index is 1.23. The predicted octanol–water partition coefficient (Wildman–Crippen LogP) is 7.43. The number of thiophene rings is 1. The van der Waals surface area contributed by atoms with E-state index in [2.05, 4.69) is 32.1 Å². The van der Waals surface area contributed by atoms with Crippen molar-refractivity contribution in [2.24, 2.45) is 33.5 Å². The molecular formula is C42H49NO7S2. The van der Waals surface area contributed by atoms with Crippen LogP contribution in [0.4, 0.5) is 0 Å². The van der Waals surface area contributed by atoms with Crippen molar-refractivity contribution in [3.05, 3.63) is 101 Å². The Hall–Kier alpha value is -3.28. The minimum atomic E-state index is -4.01. The first-order valence-corrected chi connectivity index (χ1v) is 20.8. The Bertz CT molecular complexity index is 2050. The Morgan fingerprint density at radius 3 is 2.37 bits per heavy atom. The largest absolute Gasteiger partial charge is 0.497 e. The number of benzene rings is 2. The van der Waals surface area contributed by atoms with Crippen molar-refractivity contribution in [2.75, 3.05) is 20.8 Å². The summed E-state index contributed by atoms with van der Waals surface area (Å²) in [6, 6.07) is 18.1. The predicted molar refractivity (Wildman–Crippen MR) is 201 cm³/mol. The molecule has 2 spiro atoms. The number of fused-ring (bicyclic) bond motifs is 1. The van der Waals surface area contributed by atoms with Crippen LogP contribution >= 0.6 is 11.3 Å². The quantitative estimate of drug-likeness (QED) is 0.164. The van der Waals surface area contributed by atoms with Gasteiger partial charge < -0.3 is 19.7 Å². The average molecular weight is 744 g/mol. The number of carbonyl (C=O) groups excluding carboxylic acids is 1. The van der Waals surface area contributed by atoms with Gasteiger partial charge in [0.25, 0.3) is 10.0 Å². The number of allylic oxidation sites excluding steroid dienone is 4. The lowest BCUT2D eigenvalue weighted by molar-refractivity contribution is -0.173. The third kappa shape index (κ3) is 4.93. The van der Waals surface area contributed by atoms with Crippen LogP contribution in [-0.4, -0.2) is 61.2 Å². The second kappa shape index (κ2) is 12.4. The van der Waals surface area contributed by atoms with Crippen molar-refractivity contribution in [3.63, 3.8) is 0 Å². The van der Waals surface area contributed by atoms with Gasteiger partial charge in [-0.1, -0.05) is 74.5 Å². The molecule has 2 bridgehead atoms. The molecule has 0 radical (unpaired) electrons. The summed E-state index contributed by atoms with van der Waals surface area (Å²) in [5.74, 6) is 1.14. The van der Waals surface area contributed by atoms with Crippen LogP contribution in [0.3, 0.4) is 0 Å². The molecule has 8 nitrogen and oxygen atoms in total. The summed E-state index contributed by atoms with van der Waals surface area (Å²) < 4.78 is 41.7. The third-order valence-corrected chi connectivity index (χ3v) is 17.5. The van der Waals surface area contributed by atoms with Crippen molar-refractivity contribution in [1.82, 2.24) is 4.31 Å². The highest BCUT2D eigenvalue weighted by Gasteiger charge is 2.74. The zero-order valence-electron chi connectivity index (χ0n) is 30.4. The molecule has 0 amide bonds. The van der Waals surface area contributed by atoms with Crippen LogP contribution in [0.5, 0.6) is 11.5 Å². The molecular weight excluding hydrogens is 695 g/mol. The van der Waals surface area contributed by atoms with Crippen LogP contribution in [0, 0.1) is 33.5 Å². The van der Waals surface area contributed by atoms with Crippen molar-refractivity contribution in [1.29, 1.82) is 0 Å². The van der Waals surface area contributed by atoms with Gasteiger partial charge in [0, 0.05) is 52.1 Å². The highest BCUT2D eigenvalue weighted by atomic mass is 32.2. The minimum absolute atomic E-state index is 0.00429. The standard InChI is InChI=1S/C42H49NO7S2/c1-38-17-14-30(44)24-40(38)20-21-42(32(25-40)37(45)28-9-6-5-7-10-28)34(38)15-18-39(2)35(42)16-19-41(39,46)27-43(52(47,48)36-11-8-22-51-36)26-29-12-13-31(49-3)23-33(29)50-4/h5-13,20-23,25,30,34-35,44,46H,14-19,24,26-27H2,1-4H3. The number of methoxy groups -OCH3 is 2. The van der Waals surface area contributed by atoms with Crippen LogP contribution in [0.2, 0.25) is 0 Å². The lowest BCUT2D eigenvalue weighted by Crippen LogP contribution is -2.67. The summed E-state index contributed by atoms with van der Waals surface area (Å²) in [7, 11) is -0.889. The van der Waals surface area contributed by atoms with Crippen molar-refractivity contribution >= 4 is 27.1 Å². The van der Waals surface area contributed by atoms with E-state index in [-0.39, 0.29) is 40.3 Å². The maximum Gasteiger partial charge on any atom is 0.252 e. The number of hydrogen-bond donors (Lipinski definition) is 2. The third-order valence-electron chi connectivity index (χ3n) is 14.4. The van der Waals surface area contributed by atoms with Crippen LogP contribution in [-0.2, 0) is 16.6 Å². The van der Waals surface area contributed by atoms with E-state index in [1.807, 2.05) is 36.4 Å². The van der Waals surface area contributed by atoms with Gasteiger partial charge in [0.2, 0.25) is 0 Å². The number of Topliss-reactive ketones (excluding diaryl/α,β-unsaturated/α-hetero) is 1. The summed E-state index contributed by atoms with van der Waals surface area (Å²) in [5, 5.41) is 25.9. The molecule has 3 saturated carbocycles. The molecule has 8 atom stereocenters. The molecule has 2 aromatic carbocycles. The van der Waals surface area contributed by atoms with Crippen molar-refractivity contribution in [2.45, 2.75) is 81.3 Å². The Labute approximate surface area is 311 Å². The maximum absolute atomic E-state index is 14.8. The second-order valence-corrected chi connectivity index (χ2v) is 19.5. The SMILES string of the molecule is COc1ccc(CN(CC2(O)CCC3C45C=CC6(C=C4C(=O)c4ccccc4)CC(O)CCC6(C)C5CCC32C)S(=O)(=O)c2cccs2)c(OC)c1. The zero-order valence-corrected chi connectivity index (χ0v) is 32.0. The van der Waals surface area contributed by atoms with Crippen molar-refractivity contribution in [3.8, 4) is 11.5 Å². The molecule has 6 aliphatic carbocycles. The molecule has 276 valence electrons. The summed E-state index contributed by atoms with van der Waals surface area (Å²) in [6.45, 7) is 4.41. The molecule has 2 N–H and O–H groups in total. The van der Waals surface area contributed by atoms with E-state index in [1.165, 1.54) is 4.31 Å². The number of aliphatic hydroxyl groups is 2. The van der Waals surface area contributed by atoms with E-state index < -0.39 is 38.0 Å². The Morgan fingerprint density at radius 2 is 1.65 bits per heavy atom. The number of rotatable bonds is 10. The Kier molecular flexibility index (Phi) is 8.51. The molecule has 0 aliphatic heterocycles. The molecule has 6 aliphatic rings. The number of nitrogens with zero attached hydrogens (tertiary/aromatic N) is 1. The molecule has 9 rings (SSSR count). The number of hydrogen-bond acceptors (Lipinski definition) is 8. The normalized spacial score (nSPS) is 36.1. The van der Waals surface area contributed by atoms with E-state index in [9.17, 15) is 23.4 Å². The monoisotopic (exact) mass is 743 g/mol. The smallest absolute Gasteiger partial charge is 0.252 e. The van der Waals surface area contributed by atoms with Crippen LogP contribution in [0.25, 0.3) is 0 Å². The van der Waals surface area contributed by atoms with Crippen LogP contribution in [0.1, 0.15) is 74.7 Å². The van der Waals surface area contributed by atoms with E-state index in [1.54, 1.807) is 43.9 Å². The number of ether oxygens (including phenoxy) is 2. The van der Waals surface area contributed by atoms with E-state index >= 15 is 0 Å². The number of carbonyl (C=O) groups is 1. The van der Waals surface area contributed by atoms with Gasteiger partial charge in [-0.15, -0.1) is 11.3 Å². The van der Waals surface area contributed by atoms with Gasteiger partial charge in [-0.05, 0) is 79.7 Å². The lowest BCUT2D eigenvalue weighted by Gasteiger charge is -2.71. The highest BCUT2D eigenvalue weighted by Crippen LogP contribution is 2.78. The molecule has 10 heteroatoms. The molecule has 0 saturated heterocycles. The van der Waals surface area contributed by atoms with Gasteiger partial charge in [-0.2, -0.15) is 4.31 Å². The molecule has 1 aromatic heterocycles. The van der Waals surface area contributed by atoms with Gasteiger partial charge >= 0.3 is 0 Å². The first-order valence-electron chi connectivity index (χ1n) is 18.5. The minimum Gasteiger partial charge on any atom is -0.497 e. The van der Waals surface area contributed by atoms with Gasteiger partial charge in [-0.25, -0.2) is 8.42 Å². The summed E-state index contributed by atoms with van der Waals surface area (Å²) in [4.78, 5) is 14.8.